The molecule has 1 atom stereocenters. The van der Waals surface area contributed by atoms with Gasteiger partial charge in [-0.25, -0.2) is 4.21 Å². The topological polar surface area (TPSA) is 29.4 Å². The van der Waals surface area contributed by atoms with Crippen molar-refractivity contribution in [3.63, 3.8) is 0 Å². The maximum atomic E-state index is 10.6. The first kappa shape index (κ1) is 8.21. The predicted molar refractivity (Wildman–Crippen MR) is 45.0 cm³/mol. The Kier molecular flexibility index (Phi) is 2.15. The lowest BCUT2D eigenvalue weighted by molar-refractivity contribution is 0.688. The molecule has 0 N–H and O–H groups in total. The Hall–Kier alpha value is 0.110. The van der Waals surface area contributed by atoms with E-state index in [1.165, 1.54) is 0 Å². The van der Waals surface area contributed by atoms with Gasteiger partial charge in [0.1, 0.15) is 11.0 Å². The van der Waals surface area contributed by atoms with E-state index in [9.17, 15) is 4.21 Å². The van der Waals surface area contributed by atoms with E-state index in [1.807, 2.05) is 6.92 Å². The molecule has 0 radical (unpaired) electrons. The standard InChI is InChI=1S/C6H10ClNOS/c1-5(8-10(2)9)6(7)3-4-6/h3-4H2,1-2H3/b8-5+. The highest BCUT2D eigenvalue weighted by molar-refractivity contribution is 7.83. The largest absolute Gasteiger partial charge is 0.235 e. The molecule has 1 aliphatic carbocycles. The Labute approximate surface area is 68.3 Å². The molecule has 1 saturated carbocycles. The fraction of sp³-hybridized carbons (Fsp3) is 0.833. The molecular formula is C6H10ClNOS. The van der Waals surface area contributed by atoms with Gasteiger partial charge in [-0.1, -0.05) is 0 Å². The molecule has 1 unspecified atom stereocenters. The van der Waals surface area contributed by atoms with Crippen molar-refractivity contribution in [2.45, 2.75) is 24.6 Å². The highest BCUT2D eigenvalue weighted by Gasteiger charge is 2.43. The van der Waals surface area contributed by atoms with Crippen LogP contribution in [0.5, 0.6) is 0 Å². The van der Waals surface area contributed by atoms with Gasteiger partial charge < -0.3 is 0 Å². The van der Waals surface area contributed by atoms with Crippen LogP contribution in [-0.2, 0) is 11.0 Å². The molecular weight excluding hydrogens is 170 g/mol. The fourth-order valence-electron chi connectivity index (χ4n) is 0.746. The molecule has 0 saturated heterocycles. The van der Waals surface area contributed by atoms with Crippen molar-refractivity contribution in [3.05, 3.63) is 0 Å². The van der Waals surface area contributed by atoms with Gasteiger partial charge >= 0.3 is 0 Å². The molecule has 0 bridgehead atoms. The van der Waals surface area contributed by atoms with Gasteiger partial charge in [-0.2, -0.15) is 4.40 Å². The van der Waals surface area contributed by atoms with E-state index in [0.717, 1.165) is 18.6 Å². The number of hydrogen-bond acceptors (Lipinski definition) is 1. The summed E-state index contributed by atoms with van der Waals surface area (Å²) in [4.78, 5) is -0.230. The Bertz CT molecular complexity index is 198. The maximum absolute atomic E-state index is 10.6. The average Bonchev–Trinajstić information content (AvgIpc) is 2.47. The van der Waals surface area contributed by atoms with Crippen LogP contribution in [0.15, 0.2) is 4.40 Å². The first-order chi connectivity index (χ1) is 4.54. The molecule has 0 aromatic rings. The minimum Gasteiger partial charge on any atom is -0.235 e. The molecule has 0 aliphatic heterocycles. The molecule has 10 heavy (non-hydrogen) atoms. The van der Waals surface area contributed by atoms with Crippen LogP contribution in [0.4, 0.5) is 0 Å². The molecule has 58 valence electrons. The lowest BCUT2D eigenvalue weighted by Gasteiger charge is -2.01. The average molecular weight is 180 g/mol. The van der Waals surface area contributed by atoms with Crippen LogP contribution in [-0.4, -0.2) is 21.1 Å². The maximum Gasteiger partial charge on any atom is 0.136 e. The van der Waals surface area contributed by atoms with Crippen LogP contribution in [0.1, 0.15) is 19.8 Å². The molecule has 4 heteroatoms. The van der Waals surface area contributed by atoms with E-state index in [2.05, 4.69) is 4.40 Å². The zero-order chi connectivity index (χ0) is 7.78. The third-order valence-electron chi connectivity index (χ3n) is 1.60. The summed E-state index contributed by atoms with van der Waals surface area (Å²) in [5.74, 6) is 0. The quantitative estimate of drug-likeness (QED) is 0.467. The van der Waals surface area contributed by atoms with Gasteiger partial charge in [0.25, 0.3) is 0 Å². The predicted octanol–water partition coefficient (Wildman–Crippen LogP) is 1.51. The Morgan fingerprint density at radius 2 is 2.20 bits per heavy atom. The zero-order valence-electron chi connectivity index (χ0n) is 6.06. The van der Waals surface area contributed by atoms with E-state index in [4.69, 9.17) is 11.6 Å². The second kappa shape index (κ2) is 2.62. The molecule has 1 rings (SSSR count). The molecule has 2 nitrogen and oxygen atoms in total. The first-order valence-corrected chi connectivity index (χ1v) is 5.02. The summed E-state index contributed by atoms with van der Waals surface area (Å²) in [5.41, 5.74) is 0.815. The Balaban J connectivity index is 2.64. The summed E-state index contributed by atoms with van der Waals surface area (Å²) in [7, 11) is -1.10. The van der Waals surface area contributed by atoms with Gasteiger partial charge in [0.2, 0.25) is 0 Å². The van der Waals surface area contributed by atoms with Gasteiger partial charge in [-0.05, 0) is 19.8 Å². The smallest absolute Gasteiger partial charge is 0.136 e. The minimum atomic E-state index is -1.10. The minimum absolute atomic E-state index is 0.230. The number of hydrogen-bond donors (Lipinski definition) is 0. The van der Waals surface area contributed by atoms with Gasteiger partial charge in [-0.15, -0.1) is 11.6 Å². The van der Waals surface area contributed by atoms with Crippen LogP contribution < -0.4 is 0 Å². The second-order valence-corrected chi connectivity index (χ2v) is 4.32. The Morgan fingerprint density at radius 3 is 2.50 bits per heavy atom. The normalized spacial score (nSPS) is 26.1. The van der Waals surface area contributed by atoms with Crippen LogP contribution >= 0.6 is 11.6 Å². The van der Waals surface area contributed by atoms with Crippen molar-refractivity contribution in [2.75, 3.05) is 6.26 Å². The summed E-state index contributed by atoms with van der Waals surface area (Å²) in [5, 5.41) is 0. The second-order valence-electron chi connectivity index (χ2n) is 2.57. The summed E-state index contributed by atoms with van der Waals surface area (Å²) < 4.78 is 14.5. The number of nitrogens with zero attached hydrogens (tertiary/aromatic N) is 1. The van der Waals surface area contributed by atoms with Gasteiger partial charge in [0.05, 0.1) is 4.87 Å². The van der Waals surface area contributed by atoms with Gasteiger partial charge in [0.15, 0.2) is 0 Å². The van der Waals surface area contributed by atoms with E-state index in [1.54, 1.807) is 6.26 Å². The van der Waals surface area contributed by atoms with Crippen molar-refractivity contribution in [1.82, 2.24) is 0 Å². The van der Waals surface area contributed by atoms with Crippen molar-refractivity contribution >= 4 is 28.3 Å². The summed E-state index contributed by atoms with van der Waals surface area (Å²) >= 11 is 5.97. The summed E-state index contributed by atoms with van der Waals surface area (Å²) in [6, 6.07) is 0. The summed E-state index contributed by atoms with van der Waals surface area (Å²) in [6.07, 6.45) is 3.49. The molecule has 0 spiro atoms. The lowest BCUT2D eigenvalue weighted by atomic mass is 10.3. The monoisotopic (exact) mass is 179 g/mol. The molecule has 0 aromatic carbocycles. The number of rotatable bonds is 2. The number of alkyl halides is 1. The summed E-state index contributed by atoms with van der Waals surface area (Å²) in [6.45, 7) is 1.83. The van der Waals surface area contributed by atoms with Crippen molar-refractivity contribution in [3.8, 4) is 0 Å². The van der Waals surface area contributed by atoms with Gasteiger partial charge in [-0.3, -0.25) is 0 Å². The van der Waals surface area contributed by atoms with Crippen LogP contribution in [0.25, 0.3) is 0 Å². The SMILES string of the molecule is C/C(=N\S(C)=O)C1(Cl)CC1. The highest BCUT2D eigenvalue weighted by atomic mass is 35.5. The molecule has 1 fully saturated rings. The van der Waals surface area contributed by atoms with Crippen molar-refractivity contribution in [2.24, 2.45) is 4.40 Å². The van der Waals surface area contributed by atoms with Gasteiger partial charge in [0, 0.05) is 12.0 Å². The highest BCUT2D eigenvalue weighted by Crippen LogP contribution is 2.43. The van der Waals surface area contributed by atoms with Crippen molar-refractivity contribution in [1.29, 1.82) is 0 Å². The van der Waals surface area contributed by atoms with E-state index < -0.39 is 11.0 Å². The fourth-order valence-corrected chi connectivity index (χ4v) is 1.49. The third-order valence-corrected chi connectivity index (χ3v) is 2.79. The van der Waals surface area contributed by atoms with E-state index in [0.29, 0.717) is 0 Å². The van der Waals surface area contributed by atoms with Crippen molar-refractivity contribution < 1.29 is 4.21 Å². The molecule has 0 amide bonds. The van der Waals surface area contributed by atoms with Crippen LogP contribution in [0, 0.1) is 0 Å². The first-order valence-electron chi connectivity index (χ1n) is 3.13. The molecule has 0 heterocycles. The van der Waals surface area contributed by atoms with E-state index >= 15 is 0 Å². The number of halogens is 1. The molecule has 1 aliphatic rings. The lowest BCUT2D eigenvalue weighted by Crippen LogP contribution is -2.11. The van der Waals surface area contributed by atoms with E-state index in [-0.39, 0.29) is 4.87 Å². The Morgan fingerprint density at radius 1 is 1.70 bits per heavy atom. The molecule has 0 aromatic heterocycles. The van der Waals surface area contributed by atoms with Crippen LogP contribution in [0.2, 0.25) is 0 Å². The zero-order valence-corrected chi connectivity index (χ0v) is 7.63. The third kappa shape index (κ3) is 1.80. The van der Waals surface area contributed by atoms with Crippen LogP contribution in [0.3, 0.4) is 0 Å².